The molecule has 1 fully saturated rings. The molecule has 1 aliphatic rings. The predicted molar refractivity (Wildman–Crippen MR) is 134 cm³/mol. The highest BCUT2D eigenvalue weighted by Gasteiger charge is 2.32. The SMILES string of the molecule is CCCCCC(=O)NC(Cc1ccc(OCC2CN(c3ccc(C(=N)N)cc3)C(=O)O2)cc1)C(=O)O. The number of aliphatic carboxylic acids is 1. The van der Waals surface area contributed by atoms with Crippen LogP contribution in [0.15, 0.2) is 48.5 Å². The fraction of sp³-hybridized carbons (Fsp3) is 0.385. The molecule has 36 heavy (non-hydrogen) atoms. The Labute approximate surface area is 209 Å². The van der Waals surface area contributed by atoms with Gasteiger partial charge in [-0.2, -0.15) is 0 Å². The molecular formula is C26H32N4O6. The Morgan fingerprint density at radius 2 is 1.89 bits per heavy atom. The number of carboxylic acid groups (broad SMARTS) is 1. The average Bonchev–Trinajstić information content (AvgIpc) is 3.23. The van der Waals surface area contributed by atoms with E-state index in [9.17, 15) is 19.5 Å². The number of carboxylic acids is 1. The van der Waals surface area contributed by atoms with Crippen LogP contribution in [-0.2, 0) is 20.7 Å². The van der Waals surface area contributed by atoms with Crippen molar-refractivity contribution in [3.05, 3.63) is 59.7 Å². The van der Waals surface area contributed by atoms with E-state index in [0.29, 0.717) is 30.0 Å². The van der Waals surface area contributed by atoms with E-state index in [-0.39, 0.29) is 24.8 Å². The number of anilines is 1. The molecule has 0 spiro atoms. The van der Waals surface area contributed by atoms with E-state index in [2.05, 4.69) is 5.32 Å². The van der Waals surface area contributed by atoms with Crippen LogP contribution in [0.1, 0.15) is 43.7 Å². The summed E-state index contributed by atoms with van der Waals surface area (Å²) in [6.07, 6.45) is 2.18. The molecule has 0 radical (unpaired) electrons. The molecule has 0 aromatic heterocycles. The number of amides is 2. The summed E-state index contributed by atoms with van der Waals surface area (Å²) in [4.78, 5) is 37.4. The molecule has 1 aliphatic heterocycles. The molecule has 1 saturated heterocycles. The number of benzene rings is 2. The van der Waals surface area contributed by atoms with E-state index < -0.39 is 24.2 Å². The fourth-order valence-electron chi connectivity index (χ4n) is 3.79. The summed E-state index contributed by atoms with van der Waals surface area (Å²) in [7, 11) is 0. The van der Waals surface area contributed by atoms with Gasteiger partial charge in [-0.05, 0) is 48.4 Å². The molecule has 2 atom stereocenters. The lowest BCUT2D eigenvalue weighted by molar-refractivity contribution is -0.141. The molecule has 10 nitrogen and oxygen atoms in total. The molecule has 192 valence electrons. The van der Waals surface area contributed by atoms with Gasteiger partial charge in [0.25, 0.3) is 0 Å². The zero-order valence-corrected chi connectivity index (χ0v) is 20.2. The maximum Gasteiger partial charge on any atom is 0.414 e. The van der Waals surface area contributed by atoms with Crippen LogP contribution in [0.3, 0.4) is 0 Å². The number of hydrogen-bond donors (Lipinski definition) is 4. The minimum atomic E-state index is -1.08. The Morgan fingerprint density at radius 1 is 1.19 bits per heavy atom. The number of nitrogens with two attached hydrogens (primary N) is 1. The number of amidine groups is 1. The Hall–Kier alpha value is -4.08. The predicted octanol–water partition coefficient (Wildman–Crippen LogP) is 3.07. The zero-order valence-electron chi connectivity index (χ0n) is 20.2. The Balaban J connectivity index is 1.49. The lowest BCUT2D eigenvalue weighted by Gasteiger charge is -2.15. The van der Waals surface area contributed by atoms with Crippen molar-refractivity contribution in [3.63, 3.8) is 0 Å². The number of nitrogen functional groups attached to an aromatic ring is 1. The maximum absolute atomic E-state index is 12.3. The van der Waals surface area contributed by atoms with Crippen molar-refractivity contribution in [2.75, 3.05) is 18.1 Å². The van der Waals surface area contributed by atoms with Crippen molar-refractivity contribution in [1.82, 2.24) is 5.32 Å². The molecule has 5 N–H and O–H groups in total. The summed E-state index contributed by atoms with van der Waals surface area (Å²) in [6, 6.07) is 12.7. The van der Waals surface area contributed by atoms with Gasteiger partial charge in [0.2, 0.25) is 5.91 Å². The number of unbranched alkanes of at least 4 members (excludes halogenated alkanes) is 2. The van der Waals surface area contributed by atoms with Gasteiger partial charge in [-0.1, -0.05) is 31.9 Å². The van der Waals surface area contributed by atoms with Crippen LogP contribution in [0.2, 0.25) is 0 Å². The second kappa shape index (κ2) is 12.6. The summed E-state index contributed by atoms with van der Waals surface area (Å²) in [5.74, 6) is -0.837. The topological polar surface area (TPSA) is 155 Å². The number of ether oxygens (including phenoxy) is 2. The molecule has 0 bridgehead atoms. The summed E-state index contributed by atoms with van der Waals surface area (Å²) >= 11 is 0. The highest BCUT2D eigenvalue weighted by Crippen LogP contribution is 2.23. The van der Waals surface area contributed by atoms with Crippen LogP contribution >= 0.6 is 0 Å². The van der Waals surface area contributed by atoms with Gasteiger partial charge in [-0.3, -0.25) is 15.1 Å². The lowest BCUT2D eigenvalue weighted by Crippen LogP contribution is -2.42. The standard InChI is InChI=1S/C26H32N4O6/c1-2-3-4-5-23(31)29-22(25(32)33)14-17-6-12-20(13-7-17)35-16-21-15-30(26(34)36-21)19-10-8-18(9-11-19)24(27)28/h6-13,21-22H,2-5,14-16H2,1H3,(H3,27,28)(H,29,31)(H,32,33). The monoisotopic (exact) mass is 496 g/mol. The number of rotatable bonds is 13. The molecule has 10 heteroatoms. The third kappa shape index (κ3) is 7.46. The van der Waals surface area contributed by atoms with Gasteiger partial charge in [0, 0.05) is 24.1 Å². The highest BCUT2D eigenvalue weighted by molar-refractivity contribution is 5.96. The van der Waals surface area contributed by atoms with Crippen molar-refractivity contribution in [3.8, 4) is 5.75 Å². The summed E-state index contributed by atoms with van der Waals surface area (Å²) in [5.41, 5.74) is 7.42. The van der Waals surface area contributed by atoms with Gasteiger partial charge in [0.1, 0.15) is 24.2 Å². The van der Waals surface area contributed by atoms with Crippen molar-refractivity contribution in [2.24, 2.45) is 5.73 Å². The smallest absolute Gasteiger partial charge is 0.414 e. The number of nitrogens with one attached hydrogen (secondary N) is 2. The van der Waals surface area contributed by atoms with Gasteiger partial charge in [-0.15, -0.1) is 0 Å². The van der Waals surface area contributed by atoms with E-state index in [1.165, 1.54) is 4.90 Å². The van der Waals surface area contributed by atoms with Gasteiger partial charge in [-0.25, -0.2) is 9.59 Å². The van der Waals surface area contributed by atoms with Crippen molar-refractivity contribution >= 4 is 29.5 Å². The van der Waals surface area contributed by atoms with Crippen molar-refractivity contribution in [2.45, 2.75) is 51.2 Å². The zero-order chi connectivity index (χ0) is 26.1. The normalized spacial score (nSPS) is 15.8. The third-order valence-corrected chi connectivity index (χ3v) is 5.80. The Bertz CT molecular complexity index is 1070. The van der Waals surface area contributed by atoms with E-state index in [1.807, 2.05) is 6.92 Å². The van der Waals surface area contributed by atoms with Crippen LogP contribution in [0, 0.1) is 5.41 Å². The van der Waals surface area contributed by atoms with Crippen LogP contribution in [0.25, 0.3) is 0 Å². The minimum Gasteiger partial charge on any atom is -0.490 e. The van der Waals surface area contributed by atoms with Gasteiger partial charge < -0.3 is 25.6 Å². The van der Waals surface area contributed by atoms with Crippen molar-refractivity contribution < 1.29 is 29.0 Å². The second-order valence-corrected chi connectivity index (χ2v) is 8.65. The van der Waals surface area contributed by atoms with Crippen molar-refractivity contribution in [1.29, 1.82) is 5.41 Å². The van der Waals surface area contributed by atoms with Crippen LogP contribution in [0.4, 0.5) is 10.5 Å². The second-order valence-electron chi connectivity index (χ2n) is 8.65. The maximum atomic E-state index is 12.3. The largest absolute Gasteiger partial charge is 0.490 e. The summed E-state index contributed by atoms with van der Waals surface area (Å²) < 4.78 is 11.2. The third-order valence-electron chi connectivity index (χ3n) is 5.80. The quantitative estimate of drug-likeness (QED) is 0.189. The summed E-state index contributed by atoms with van der Waals surface area (Å²) in [6.45, 7) is 2.50. The minimum absolute atomic E-state index is 0.0477. The Kier molecular flexibility index (Phi) is 9.26. The molecule has 0 saturated carbocycles. The molecule has 2 unspecified atom stereocenters. The number of hydrogen-bond acceptors (Lipinski definition) is 6. The van der Waals surface area contributed by atoms with Gasteiger partial charge >= 0.3 is 12.1 Å². The lowest BCUT2D eigenvalue weighted by atomic mass is 10.1. The first-order chi connectivity index (χ1) is 17.3. The molecule has 2 amide bonds. The highest BCUT2D eigenvalue weighted by atomic mass is 16.6. The molecular weight excluding hydrogens is 464 g/mol. The first-order valence-electron chi connectivity index (χ1n) is 11.9. The van der Waals surface area contributed by atoms with E-state index in [4.69, 9.17) is 20.6 Å². The summed E-state index contributed by atoms with van der Waals surface area (Å²) in [5, 5.41) is 19.5. The number of nitrogens with zero attached hydrogens (tertiary/aromatic N) is 1. The molecule has 1 heterocycles. The molecule has 0 aliphatic carbocycles. The van der Waals surface area contributed by atoms with Gasteiger partial charge in [0.15, 0.2) is 6.10 Å². The average molecular weight is 497 g/mol. The van der Waals surface area contributed by atoms with Crippen LogP contribution in [-0.4, -0.2) is 54.2 Å². The van der Waals surface area contributed by atoms with E-state index in [1.54, 1.807) is 48.5 Å². The fourth-order valence-corrected chi connectivity index (χ4v) is 3.79. The number of cyclic esters (lactones) is 1. The van der Waals surface area contributed by atoms with Crippen LogP contribution in [0.5, 0.6) is 5.75 Å². The molecule has 2 aromatic carbocycles. The Morgan fingerprint density at radius 3 is 2.50 bits per heavy atom. The first-order valence-corrected chi connectivity index (χ1v) is 11.9. The first kappa shape index (κ1) is 26.5. The number of carbonyl (C=O) groups is 3. The van der Waals surface area contributed by atoms with E-state index >= 15 is 0 Å². The van der Waals surface area contributed by atoms with Crippen LogP contribution < -0.4 is 20.7 Å². The van der Waals surface area contributed by atoms with E-state index in [0.717, 1.165) is 24.8 Å². The molecule has 2 aromatic rings. The van der Waals surface area contributed by atoms with Gasteiger partial charge in [0.05, 0.1) is 6.54 Å². The molecule has 3 rings (SSSR count). The number of carbonyl (C=O) groups excluding carboxylic acids is 2.